The van der Waals surface area contributed by atoms with Crippen molar-refractivity contribution in [2.75, 3.05) is 12.3 Å². The fraction of sp³-hybridized carbons (Fsp3) is 0.273. The zero-order chi connectivity index (χ0) is 25.4. The lowest BCUT2D eigenvalue weighted by Crippen LogP contribution is -2.63. The number of primary sulfonamides is 1. The summed E-state index contributed by atoms with van der Waals surface area (Å²) in [7, 11) is -4.21. The fourth-order valence-corrected chi connectivity index (χ4v) is 3.87. The molecule has 0 spiro atoms. The van der Waals surface area contributed by atoms with E-state index in [0.717, 1.165) is 0 Å². The number of carbonyl (C=O) groups excluding carboxylic acids is 4. The third kappa shape index (κ3) is 7.79. The van der Waals surface area contributed by atoms with Crippen molar-refractivity contribution in [2.45, 2.75) is 24.7 Å². The van der Waals surface area contributed by atoms with E-state index in [9.17, 15) is 27.6 Å². The molecule has 2 aromatic rings. The van der Waals surface area contributed by atoms with Crippen LogP contribution in [0.2, 0.25) is 0 Å². The van der Waals surface area contributed by atoms with Gasteiger partial charge in [-0.05, 0) is 11.1 Å². The molecule has 1 saturated heterocycles. The third-order valence-electron chi connectivity index (χ3n) is 5.02. The Kier molecular flexibility index (Phi) is 8.39. The minimum absolute atomic E-state index is 0.116. The Morgan fingerprint density at radius 1 is 1.00 bits per heavy atom. The standard InChI is InChI=1S/C22H25N5O7S/c23-35(32,33)13-17(26-22(31)34-12-14-7-3-1-4-8-14)20(29)27-18(15-9-5-2-6-10-15)21(30)25-16-11-24-19(16)28/h1-10,16-18H,11-13H2,(H,24,28)(H,25,30)(H,26,31)(H,27,29)(H2,23,32,33). The van der Waals surface area contributed by atoms with Crippen molar-refractivity contribution in [3.05, 3.63) is 71.8 Å². The molecule has 1 fully saturated rings. The molecule has 0 bridgehead atoms. The second-order valence-corrected chi connectivity index (χ2v) is 9.41. The van der Waals surface area contributed by atoms with E-state index >= 15 is 0 Å². The molecule has 3 rings (SSSR count). The molecule has 6 N–H and O–H groups in total. The largest absolute Gasteiger partial charge is 0.445 e. The topological polar surface area (TPSA) is 186 Å². The van der Waals surface area contributed by atoms with Crippen LogP contribution in [0.1, 0.15) is 17.2 Å². The Morgan fingerprint density at radius 2 is 1.63 bits per heavy atom. The van der Waals surface area contributed by atoms with Crippen molar-refractivity contribution < 1.29 is 32.3 Å². The molecular formula is C22H25N5O7S. The normalized spacial score (nSPS) is 16.6. The first-order chi connectivity index (χ1) is 16.6. The van der Waals surface area contributed by atoms with E-state index in [0.29, 0.717) is 11.1 Å². The summed E-state index contributed by atoms with van der Waals surface area (Å²) in [6.07, 6.45) is -1.05. The predicted octanol–water partition coefficient (Wildman–Crippen LogP) is -0.958. The summed E-state index contributed by atoms with van der Waals surface area (Å²) < 4.78 is 28.5. The number of hydrogen-bond donors (Lipinski definition) is 5. The summed E-state index contributed by atoms with van der Waals surface area (Å²) in [6.45, 7) is 0.123. The van der Waals surface area contributed by atoms with Crippen molar-refractivity contribution in [3.63, 3.8) is 0 Å². The quantitative estimate of drug-likeness (QED) is 0.258. The number of carbonyl (C=O) groups is 4. The van der Waals surface area contributed by atoms with Gasteiger partial charge in [0.2, 0.25) is 27.7 Å². The number of β-lactam (4-membered cyclic amide) rings is 1. The van der Waals surface area contributed by atoms with Gasteiger partial charge < -0.3 is 26.0 Å². The maximum atomic E-state index is 13.0. The lowest BCUT2D eigenvalue weighted by Gasteiger charge is -2.29. The highest BCUT2D eigenvalue weighted by atomic mass is 32.2. The van der Waals surface area contributed by atoms with Gasteiger partial charge in [0.1, 0.15) is 24.7 Å². The average Bonchev–Trinajstić information content (AvgIpc) is 2.83. The van der Waals surface area contributed by atoms with Crippen molar-refractivity contribution >= 4 is 33.8 Å². The highest BCUT2D eigenvalue weighted by Crippen LogP contribution is 2.14. The molecule has 1 aliphatic rings. The van der Waals surface area contributed by atoms with E-state index in [2.05, 4.69) is 21.3 Å². The zero-order valence-corrected chi connectivity index (χ0v) is 19.3. The number of nitrogens with two attached hydrogens (primary N) is 1. The lowest BCUT2D eigenvalue weighted by atomic mass is 10.0. The van der Waals surface area contributed by atoms with E-state index in [1.54, 1.807) is 60.7 Å². The molecule has 13 heteroatoms. The molecule has 186 valence electrons. The Morgan fingerprint density at radius 3 is 2.17 bits per heavy atom. The highest BCUT2D eigenvalue weighted by Gasteiger charge is 2.34. The van der Waals surface area contributed by atoms with Gasteiger partial charge in [-0.3, -0.25) is 14.4 Å². The molecular weight excluding hydrogens is 478 g/mol. The van der Waals surface area contributed by atoms with Crippen LogP contribution >= 0.6 is 0 Å². The van der Waals surface area contributed by atoms with Crippen molar-refractivity contribution in [1.82, 2.24) is 21.3 Å². The highest BCUT2D eigenvalue weighted by molar-refractivity contribution is 7.89. The molecule has 1 aliphatic heterocycles. The predicted molar refractivity (Wildman–Crippen MR) is 124 cm³/mol. The number of benzene rings is 2. The molecule has 3 unspecified atom stereocenters. The van der Waals surface area contributed by atoms with Crippen molar-refractivity contribution in [1.29, 1.82) is 0 Å². The lowest BCUT2D eigenvalue weighted by molar-refractivity contribution is -0.135. The molecule has 1 heterocycles. The van der Waals surface area contributed by atoms with Crippen LogP contribution in [0.15, 0.2) is 60.7 Å². The molecule has 0 radical (unpaired) electrons. The Labute approximate surface area is 201 Å². The molecule has 12 nitrogen and oxygen atoms in total. The van der Waals surface area contributed by atoms with Crippen LogP contribution in [0.25, 0.3) is 0 Å². The minimum atomic E-state index is -4.21. The van der Waals surface area contributed by atoms with Gasteiger partial charge in [0.05, 0.1) is 5.75 Å². The SMILES string of the molecule is NS(=O)(=O)CC(NC(=O)OCc1ccccc1)C(=O)NC(C(=O)NC1CNC1=O)c1ccccc1. The van der Waals surface area contributed by atoms with Gasteiger partial charge in [0.15, 0.2) is 0 Å². The monoisotopic (exact) mass is 503 g/mol. The number of sulfonamides is 1. The Bertz CT molecular complexity index is 1180. The fourth-order valence-electron chi connectivity index (χ4n) is 3.17. The van der Waals surface area contributed by atoms with Gasteiger partial charge in [0.25, 0.3) is 0 Å². The summed E-state index contributed by atoms with van der Waals surface area (Å²) in [5.41, 5.74) is 1.05. The average molecular weight is 504 g/mol. The molecule has 0 aromatic heterocycles. The summed E-state index contributed by atoms with van der Waals surface area (Å²) in [6, 6.07) is 13.1. The van der Waals surface area contributed by atoms with Gasteiger partial charge in [-0.1, -0.05) is 60.7 Å². The third-order valence-corrected chi connectivity index (χ3v) is 5.81. The van der Waals surface area contributed by atoms with Gasteiger partial charge >= 0.3 is 6.09 Å². The van der Waals surface area contributed by atoms with Crippen LogP contribution < -0.4 is 26.4 Å². The van der Waals surface area contributed by atoms with Crippen LogP contribution in [0.4, 0.5) is 4.79 Å². The molecule has 3 atom stereocenters. The smallest absolute Gasteiger partial charge is 0.408 e. The van der Waals surface area contributed by atoms with Gasteiger partial charge in [-0.25, -0.2) is 18.4 Å². The zero-order valence-electron chi connectivity index (χ0n) is 18.5. The summed E-state index contributed by atoms with van der Waals surface area (Å²) in [4.78, 5) is 49.7. The van der Waals surface area contributed by atoms with Crippen LogP contribution in [0.3, 0.4) is 0 Å². The van der Waals surface area contributed by atoms with E-state index in [1.807, 2.05) is 0 Å². The number of amides is 4. The van der Waals surface area contributed by atoms with Gasteiger partial charge in [-0.2, -0.15) is 0 Å². The number of alkyl carbamates (subject to hydrolysis) is 1. The molecule has 4 amide bonds. The summed E-state index contributed by atoms with van der Waals surface area (Å²) in [5.74, 6) is -2.98. The Balaban J connectivity index is 1.72. The number of ether oxygens (including phenoxy) is 1. The van der Waals surface area contributed by atoms with Crippen LogP contribution in [-0.2, 0) is 35.8 Å². The number of nitrogens with one attached hydrogen (secondary N) is 4. The first-order valence-electron chi connectivity index (χ1n) is 10.5. The maximum Gasteiger partial charge on any atom is 0.408 e. The first-order valence-corrected chi connectivity index (χ1v) is 12.2. The molecule has 2 aromatic carbocycles. The summed E-state index contributed by atoms with van der Waals surface area (Å²) in [5, 5.41) is 14.7. The van der Waals surface area contributed by atoms with Gasteiger partial charge in [-0.15, -0.1) is 0 Å². The second kappa shape index (κ2) is 11.4. The van der Waals surface area contributed by atoms with E-state index in [1.165, 1.54) is 0 Å². The maximum absolute atomic E-state index is 13.0. The van der Waals surface area contributed by atoms with E-state index < -0.39 is 51.8 Å². The van der Waals surface area contributed by atoms with E-state index in [-0.39, 0.29) is 19.1 Å². The molecule has 0 saturated carbocycles. The Hall–Kier alpha value is -3.97. The number of rotatable bonds is 10. The van der Waals surface area contributed by atoms with Gasteiger partial charge in [0, 0.05) is 6.54 Å². The van der Waals surface area contributed by atoms with Crippen molar-refractivity contribution in [3.8, 4) is 0 Å². The first kappa shape index (κ1) is 25.6. The van der Waals surface area contributed by atoms with E-state index in [4.69, 9.17) is 9.88 Å². The van der Waals surface area contributed by atoms with Crippen LogP contribution in [-0.4, -0.2) is 56.6 Å². The molecule has 35 heavy (non-hydrogen) atoms. The minimum Gasteiger partial charge on any atom is -0.445 e. The van der Waals surface area contributed by atoms with Crippen molar-refractivity contribution in [2.24, 2.45) is 5.14 Å². The summed E-state index contributed by atoms with van der Waals surface area (Å²) >= 11 is 0. The number of hydrogen-bond acceptors (Lipinski definition) is 7. The van der Waals surface area contributed by atoms with Crippen LogP contribution in [0, 0.1) is 0 Å². The second-order valence-electron chi connectivity index (χ2n) is 7.75. The molecule has 0 aliphatic carbocycles. The van der Waals surface area contributed by atoms with Crippen LogP contribution in [0.5, 0.6) is 0 Å².